The van der Waals surface area contributed by atoms with Crippen LogP contribution < -0.4 is 0 Å². The number of benzene rings is 5. The molecule has 5 aromatic carbocycles. The first kappa shape index (κ1) is 26.6. The summed E-state index contributed by atoms with van der Waals surface area (Å²) in [5, 5.41) is 1.01. The number of para-hydroxylation sites is 2. The van der Waals surface area contributed by atoms with Gasteiger partial charge in [0.05, 0.1) is 16.9 Å². The van der Waals surface area contributed by atoms with Crippen molar-refractivity contribution in [1.29, 1.82) is 0 Å². The fourth-order valence-corrected chi connectivity index (χ4v) is 5.58. The van der Waals surface area contributed by atoms with Crippen molar-refractivity contribution < 1.29 is 32.7 Å². The van der Waals surface area contributed by atoms with Crippen LogP contribution in [0.4, 0.5) is 0 Å². The topological polar surface area (TPSA) is 43.9 Å². The van der Waals surface area contributed by atoms with Gasteiger partial charge in [-0.25, -0.2) is 0 Å². The number of furan rings is 1. The van der Waals surface area contributed by atoms with Crippen LogP contribution in [0, 0.1) is 26.0 Å². The van der Waals surface area contributed by atoms with E-state index in [0.717, 1.165) is 39.1 Å². The summed E-state index contributed by atoms with van der Waals surface area (Å²) < 4.78 is 51.7. The molecule has 1 radical (unpaired) electrons. The molecule has 0 spiro atoms. The zero-order valence-corrected chi connectivity index (χ0v) is 29.3. The first-order valence-electron chi connectivity index (χ1n) is 18.6. The summed E-state index contributed by atoms with van der Waals surface area (Å²) in [6, 6.07) is 44.0. The number of pyridine rings is 1. The smallest absolute Gasteiger partial charge is 0.0774 e. The number of aromatic nitrogens is 3. The Morgan fingerprint density at radius 3 is 2.29 bits per heavy atom. The van der Waals surface area contributed by atoms with Crippen LogP contribution in [0.3, 0.4) is 0 Å². The number of nitrogens with zero attached hydrogens (tertiary/aromatic N) is 3. The zero-order chi connectivity index (χ0) is 38.0. The van der Waals surface area contributed by atoms with Gasteiger partial charge in [-0.3, -0.25) is 4.98 Å². The Morgan fingerprint density at radius 2 is 1.57 bits per heavy atom. The van der Waals surface area contributed by atoms with Gasteiger partial charge in [-0.1, -0.05) is 109 Å². The summed E-state index contributed by atoms with van der Waals surface area (Å²) in [5.41, 5.74) is 11.0. The molecule has 0 amide bonds. The van der Waals surface area contributed by atoms with E-state index in [1.54, 1.807) is 12.1 Å². The van der Waals surface area contributed by atoms with E-state index in [2.05, 4.69) is 109 Å². The van der Waals surface area contributed by atoms with E-state index in [9.17, 15) is 0 Å². The summed E-state index contributed by atoms with van der Waals surface area (Å²) in [5.74, 6) is 0.822. The third-order valence-corrected chi connectivity index (χ3v) is 8.27. The minimum Gasteiger partial charge on any atom is -0.557 e. The minimum absolute atomic E-state index is 0. The quantitative estimate of drug-likeness (QED) is 0.163. The van der Waals surface area contributed by atoms with E-state index in [0.29, 0.717) is 11.3 Å². The molecule has 4 nitrogen and oxygen atoms in total. The fourth-order valence-electron chi connectivity index (χ4n) is 5.58. The Labute approximate surface area is 309 Å². The van der Waals surface area contributed by atoms with Gasteiger partial charge >= 0.3 is 0 Å². The number of imidazole rings is 1. The van der Waals surface area contributed by atoms with Gasteiger partial charge in [0.1, 0.15) is 0 Å². The van der Waals surface area contributed by atoms with Gasteiger partial charge in [0.2, 0.25) is 0 Å². The van der Waals surface area contributed by atoms with Crippen LogP contribution in [0.25, 0.3) is 67.0 Å². The number of hydrogen-bond acceptors (Lipinski definition) is 3. The van der Waals surface area contributed by atoms with Crippen molar-refractivity contribution in [3.05, 3.63) is 169 Å². The molecule has 0 unspecified atom stereocenters. The van der Waals surface area contributed by atoms with Crippen LogP contribution in [0.5, 0.6) is 0 Å². The summed E-state index contributed by atoms with van der Waals surface area (Å²) in [6.45, 7) is -0.164. The van der Waals surface area contributed by atoms with Crippen molar-refractivity contribution in [2.75, 3.05) is 0 Å². The van der Waals surface area contributed by atoms with E-state index in [1.165, 1.54) is 46.7 Å². The van der Waals surface area contributed by atoms with Gasteiger partial charge in [-0.2, -0.15) is 0 Å². The van der Waals surface area contributed by atoms with Crippen molar-refractivity contribution in [2.24, 2.45) is 0 Å². The average Bonchev–Trinajstić information content (AvgIpc) is 3.79. The SMILES string of the molecule is C/C=C(/C)c1ccc2o[c-]c(-c3nc4ccccc4n3-c3ccc(-c4ccccc4)cc3)c2c1.[2H]C([2H])([2H])c1c[c-]c(-c2ccc(C([2H])([2H])[2H])cn2)cc1.[Ir]. The van der Waals surface area contributed by atoms with Crippen LogP contribution in [0.2, 0.25) is 0 Å². The molecular formula is C44H35IrN3O-2. The predicted molar refractivity (Wildman–Crippen MR) is 198 cm³/mol. The van der Waals surface area contributed by atoms with Gasteiger partial charge in [-0.05, 0) is 78.5 Å². The van der Waals surface area contributed by atoms with Crippen LogP contribution in [-0.4, -0.2) is 14.5 Å². The molecule has 49 heavy (non-hydrogen) atoms. The molecule has 0 fully saturated rings. The molecule has 3 heterocycles. The second kappa shape index (κ2) is 14.8. The third-order valence-electron chi connectivity index (χ3n) is 8.27. The second-order valence-electron chi connectivity index (χ2n) is 11.4. The van der Waals surface area contributed by atoms with Crippen molar-refractivity contribution in [3.8, 4) is 39.5 Å². The van der Waals surface area contributed by atoms with E-state index in [-0.39, 0.29) is 31.2 Å². The number of rotatable bonds is 5. The number of allylic oxidation sites excluding steroid dienone is 2. The summed E-state index contributed by atoms with van der Waals surface area (Å²) in [6.07, 6.45) is 6.56. The van der Waals surface area contributed by atoms with E-state index in [4.69, 9.17) is 17.6 Å². The van der Waals surface area contributed by atoms with Gasteiger partial charge in [0.25, 0.3) is 0 Å². The standard InChI is InChI=1S/C31H23N2O.C13H12N.Ir/c1-3-21(2)24-15-18-30-26(19-24)27(20-34-30)31-32-28-11-7-8-12-29(28)33(31)25-16-13-23(14-17-25)22-9-5-4-6-10-22;1-10-3-6-12(7-4-10)13-8-5-11(2)9-14-13;/h3-19H,1-2H3;3-6,8-9H,1-2H3;/q2*-1;/b21-3-;;/i;1D3,2D3;. The largest absolute Gasteiger partial charge is 0.557 e. The molecule has 0 saturated heterocycles. The number of hydrogen-bond donors (Lipinski definition) is 0. The maximum absolute atomic E-state index is 7.28. The van der Waals surface area contributed by atoms with Crippen LogP contribution in [-0.2, 0) is 20.1 Å². The summed E-state index contributed by atoms with van der Waals surface area (Å²) in [4.78, 5) is 9.09. The van der Waals surface area contributed by atoms with Crippen molar-refractivity contribution >= 4 is 27.6 Å². The molecule has 0 saturated carbocycles. The molecule has 0 atom stereocenters. The zero-order valence-electron chi connectivity index (χ0n) is 32.9. The number of fused-ring (bicyclic) bond motifs is 2. The Hall–Kier alpha value is -5.35. The molecule has 0 aliphatic carbocycles. The van der Waals surface area contributed by atoms with Gasteiger partial charge in [0.15, 0.2) is 0 Å². The molecule has 0 aliphatic heterocycles. The molecule has 8 rings (SSSR count). The summed E-state index contributed by atoms with van der Waals surface area (Å²) in [7, 11) is 0. The Morgan fingerprint density at radius 1 is 0.816 bits per heavy atom. The molecule has 0 aliphatic rings. The second-order valence-corrected chi connectivity index (χ2v) is 11.4. The minimum atomic E-state index is -2.18. The third kappa shape index (κ3) is 7.10. The molecule has 5 heteroatoms. The van der Waals surface area contributed by atoms with Crippen molar-refractivity contribution in [2.45, 2.75) is 27.6 Å². The van der Waals surface area contributed by atoms with Gasteiger partial charge < -0.3 is 14.0 Å². The first-order chi connectivity index (χ1) is 25.9. The Kier molecular flexibility index (Phi) is 8.04. The van der Waals surface area contributed by atoms with Gasteiger partial charge in [-0.15, -0.1) is 35.4 Å². The van der Waals surface area contributed by atoms with Crippen LogP contribution in [0.1, 0.15) is 38.8 Å². The van der Waals surface area contributed by atoms with Crippen LogP contribution in [0.15, 0.2) is 144 Å². The van der Waals surface area contributed by atoms with E-state index >= 15 is 0 Å². The van der Waals surface area contributed by atoms with Crippen molar-refractivity contribution in [3.63, 3.8) is 0 Å². The molecule has 3 aromatic heterocycles. The van der Waals surface area contributed by atoms with Crippen molar-refractivity contribution in [1.82, 2.24) is 14.5 Å². The Balaban J connectivity index is 0.000000211. The van der Waals surface area contributed by atoms with E-state index in [1.807, 2.05) is 30.3 Å². The molecular weight excluding hydrogens is 779 g/mol. The molecule has 0 bridgehead atoms. The summed E-state index contributed by atoms with van der Waals surface area (Å²) >= 11 is 0. The predicted octanol–water partition coefficient (Wildman–Crippen LogP) is 11.5. The molecule has 8 aromatic rings. The van der Waals surface area contributed by atoms with Gasteiger partial charge in [0, 0.05) is 52.1 Å². The molecule has 243 valence electrons. The maximum atomic E-state index is 7.28. The normalized spacial score (nSPS) is 13.6. The average molecular weight is 820 g/mol. The fraction of sp³-hybridized carbons (Fsp3) is 0.0909. The monoisotopic (exact) mass is 820 g/mol. The Bertz CT molecular complexity index is 2520. The first-order valence-corrected chi connectivity index (χ1v) is 15.6. The van der Waals surface area contributed by atoms with E-state index < -0.39 is 13.7 Å². The molecule has 0 N–H and O–H groups in total. The van der Waals surface area contributed by atoms with Crippen LogP contribution >= 0.6 is 0 Å². The number of aryl methyl sites for hydroxylation is 2. The maximum Gasteiger partial charge on any atom is 0.0774 e.